The maximum atomic E-state index is 4.55. The van der Waals surface area contributed by atoms with Gasteiger partial charge in [0.05, 0.1) is 10.7 Å². The molecule has 8 heteroatoms. The predicted octanol–water partition coefficient (Wildman–Crippen LogP) is 1.75. The topological polar surface area (TPSA) is 63.0 Å². The molecule has 0 aliphatic carbocycles. The minimum atomic E-state index is 0.797. The Morgan fingerprint density at radius 2 is 1.96 bits per heavy atom. The summed E-state index contributed by atoms with van der Waals surface area (Å²) in [7, 11) is 0. The minimum absolute atomic E-state index is 0.797. The van der Waals surface area contributed by atoms with Crippen LogP contribution >= 0.6 is 11.3 Å². The molecule has 124 valence electrons. The quantitative estimate of drug-likeness (QED) is 0.720. The van der Waals surface area contributed by atoms with E-state index < -0.39 is 0 Å². The zero-order valence-corrected chi connectivity index (χ0v) is 14.4. The second-order valence-corrected chi connectivity index (χ2v) is 6.87. The van der Waals surface area contributed by atoms with Gasteiger partial charge in [0.15, 0.2) is 5.82 Å². The van der Waals surface area contributed by atoms with Gasteiger partial charge in [-0.1, -0.05) is 0 Å². The molecule has 0 amide bonds. The highest BCUT2D eigenvalue weighted by molar-refractivity contribution is 7.09. The smallest absolute Gasteiger partial charge is 0.158 e. The highest BCUT2D eigenvalue weighted by Crippen LogP contribution is 2.17. The van der Waals surface area contributed by atoms with Gasteiger partial charge in [0.25, 0.3) is 0 Å². The number of rotatable bonds is 4. The molecule has 0 unspecified atom stereocenters. The predicted molar refractivity (Wildman–Crippen MR) is 93.5 cm³/mol. The molecule has 0 atom stereocenters. The number of aryl methyl sites for hydroxylation is 1. The Bertz CT molecular complexity index is 790. The molecular weight excluding hydrogens is 322 g/mol. The highest BCUT2D eigenvalue weighted by Gasteiger charge is 2.19. The van der Waals surface area contributed by atoms with Crippen molar-refractivity contribution >= 4 is 17.2 Å². The summed E-state index contributed by atoms with van der Waals surface area (Å²) in [5.74, 6) is 1.75. The lowest BCUT2D eigenvalue weighted by molar-refractivity contribution is 0.247. The van der Waals surface area contributed by atoms with Crippen LogP contribution in [-0.2, 0) is 6.54 Å². The van der Waals surface area contributed by atoms with Crippen LogP contribution in [0.2, 0.25) is 0 Å². The van der Waals surface area contributed by atoms with Gasteiger partial charge in [0, 0.05) is 56.6 Å². The Kier molecular flexibility index (Phi) is 4.22. The Labute approximate surface area is 144 Å². The third kappa shape index (κ3) is 3.29. The average Bonchev–Trinajstić information content (AvgIpc) is 3.28. The first-order valence-electron chi connectivity index (χ1n) is 7.98. The summed E-state index contributed by atoms with van der Waals surface area (Å²) in [6.07, 6.45) is 5.25. The first-order chi connectivity index (χ1) is 11.8. The van der Waals surface area contributed by atoms with Crippen LogP contribution in [-0.4, -0.2) is 55.8 Å². The Morgan fingerprint density at radius 1 is 1.12 bits per heavy atom. The summed E-state index contributed by atoms with van der Waals surface area (Å²) in [5, 5.41) is 7.52. The van der Waals surface area contributed by atoms with Gasteiger partial charge in [0.2, 0.25) is 0 Å². The fourth-order valence-corrected chi connectivity index (χ4v) is 3.49. The van der Waals surface area contributed by atoms with Crippen LogP contribution in [0, 0.1) is 6.92 Å². The number of piperazine rings is 1. The van der Waals surface area contributed by atoms with Crippen LogP contribution in [0.1, 0.15) is 10.7 Å². The molecule has 1 fully saturated rings. The van der Waals surface area contributed by atoms with E-state index in [4.69, 9.17) is 0 Å². The summed E-state index contributed by atoms with van der Waals surface area (Å²) in [4.78, 5) is 18.0. The number of thiazole rings is 1. The Hall–Kier alpha value is -2.32. The third-order valence-electron chi connectivity index (χ3n) is 4.13. The van der Waals surface area contributed by atoms with Gasteiger partial charge in [0.1, 0.15) is 12.1 Å². The molecule has 1 saturated heterocycles. The van der Waals surface area contributed by atoms with Crippen molar-refractivity contribution in [1.82, 2.24) is 29.6 Å². The normalized spacial score (nSPS) is 15.8. The minimum Gasteiger partial charge on any atom is -0.354 e. The van der Waals surface area contributed by atoms with E-state index in [9.17, 15) is 0 Å². The van der Waals surface area contributed by atoms with Crippen molar-refractivity contribution in [3.05, 3.63) is 46.9 Å². The van der Waals surface area contributed by atoms with Gasteiger partial charge in [-0.3, -0.25) is 4.90 Å². The van der Waals surface area contributed by atoms with Gasteiger partial charge in [-0.2, -0.15) is 5.10 Å². The van der Waals surface area contributed by atoms with Gasteiger partial charge in [-0.25, -0.2) is 19.6 Å². The maximum Gasteiger partial charge on any atom is 0.158 e. The van der Waals surface area contributed by atoms with Gasteiger partial charge in [-0.15, -0.1) is 11.3 Å². The second kappa shape index (κ2) is 6.66. The van der Waals surface area contributed by atoms with Crippen molar-refractivity contribution in [3.63, 3.8) is 0 Å². The molecular formula is C16H19N7S. The molecule has 3 aromatic heterocycles. The van der Waals surface area contributed by atoms with Crippen LogP contribution in [0.5, 0.6) is 0 Å². The molecule has 4 heterocycles. The number of aromatic nitrogens is 5. The standard InChI is InChI=1S/C16H19N7S/c1-13-20-14(11-24-13)10-21-5-7-22(8-6-21)15-9-16(18-12-17-15)23-4-2-3-19-23/h2-4,9,11-12H,5-8,10H2,1H3. The number of nitrogens with zero attached hydrogens (tertiary/aromatic N) is 7. The van der Waals surface area contributed by atoms with Crippen LogP contribution in [0.15, 0.2) is 36.2 Å². The number of hydrogen-bond acceptors (Lipinski definition) is 7. The molecule has 0 saturated carbocycles. The zero-order chi connectivity index (χ0) is 16.4. The monoisotopic (exact) mass is 341 g/mol. The largest absolute Gasteiger partial charge is 0.354 e. The molecule has 0 spiro atoms. The second-order valence-electron chi connectivity index (χ2n) is 5.81. The van der Waals surface area contributed by atoms with Crippen LogP contribution in [0.25, 0.3) is 5.82 Å². The molecule has 7 nitrogen and oxygen atoms in total. The van der Waals surface area contributed by atoms with Gasteiger partial charge >= 0.3 is 0 Å². The fraction of sp³-hybridized carbons (Fsp3) is 0.375. The van der Waals surface area contributed by atoms with E-state index in [2.05, 4.69) is 42.2 Å². The molecule has 1 aliphatic rings. The van der Waals surface area contributed by atoms with Gasteiger partial charge < -0.3 is 4.90 Å². The average molecular weight is 341 g/mol. The first-order valence-corrected chi connectivity index (χ1v) is 8.86. The van der Waals surface area contributed by atoms with Crippen LogP contribution in [0.4, 0.5) is 5.82 Å². The molecule has 4 rings (SSSR count). The number of hydrogen-bond donors (Lipinski definition) is 0. The van der Waals surface area contributed by atoms with Crippen molar-refractivity contribution in [2.45, 2.75) is 13.5 Å². The lowest BCUT2D eigenvalue weighted by Crippen LogP contribution is -2.46. The molecule has 3 aromatic rings. The van der Waals surface area contributed by atoms with Crippen molar-refractivity contribution < 1.29 is 0 Å². The summed E-state index contributed by atoms with van der Waals surface area (Å²) in [5.41, 5.74) is 1.17. The van der Waals surface area contributed by atoms with E-state index in [-0.39, 0.29) is 0 Å². The molecule has 0 radical (unpaired) electrons. The van der Waals surface area contributed by atoms with Crippen molar-refractivity contribution in [1.29, 1.82) is 0 Å². The fourth-order valence-electron chi connectivity index (χ4n) is 2.88. The van der Waals surface area contributed by atoms with E-state index in [1.54, 1.807) is 28.5 Å². The maximum absolute atomic E-state index is 4.55. The van der Waals surface area contributed by atoms with Crippen LogP contribution < -0.4 is 4.90 Å². The molecule has 0 N–H and O–H groups in total. The molecule has 24 heavy (non-hydrogen) atoms. The van der Waals surface area contributed by atoms with Crippen molar-refractivity contribution in [2.75, 3.05) is 31.1 Å². The Morgan fingerprint density at radius 3 is 2.67 bits per heavy atom. The lowest BCUT2D eigenvalue weighted by atomic mass is 10.3. The summed E-state index contributed by atoms with van der Waals surface area (Å²) < 4.78 is 1.76. The van der Waals surface area contributed by atoms with Crippen LogP contribution in [0.3, 0.4) is 0 Å². The van der Waals surface area contributed by atoms with Crippen molar-refractivity contribution in [2.24, 2.45) is 0 Å². The van der Waals surface area contributed by atoms with Crippen molar-refractivity contribution in [3.8, 4) is 5.82 Å². The van der Waals surface area contributed by atoms with E-state index >= 15 is 0 Å². The highest BCUT2D eigenvalue weighted by atomic mass is 32.1. The van der Waals surface area contributed by atoms with E-state index in [1.165, 1.54) is 5.69 Å². The van der Waals surface area contributed by atoms with E-state index in [0.717, 1.165) is 49.4 Å². The van der Waals surface area contributed by atoms with E-state index in [1.807, 2.05) is 18.3 Å². The number of anilines is 1. The summed E-state index contributed by atoms with van der Waals surface area (Å²) in [6.45, 7) is 6.92. The zero-order valence-electron chi connectivity index (χ0n) is 13.5. The Balaban J connectivity index is 1.40. The lowest BCUT2D eigenvalue weighted by Gasteiger charge is -2.35. The third-order valence-corrected chi connectivity index (χ3v) is 4.95. The first kappa shape index (κ1) is 15.2. The summed E-state index contributed by atoms with van der Waals surface area (Å²) in [6, 6.07) is 3.88. The summed E-state index contributed by atoms with van der Waals surface area (Å²) >= 11 is 1.72. The molecule has 0 bridgehead atoms. The SMILES string of the molecule is Cc1nc(CN2CCN(c3cc(-n4cccn4)ncn3)CC2)cs1. The molecule has 0 aromatic carbocycles. The molecule has 1 aliphatic heterocycles. The van der Waals surface area contributed by atoms with Gasteiger partial charge in [-0.05, 0) is 13.0 Å². The van der Waals surface area contributed by atoms with E-state index in [0.29, 0.717) is 0 Å².